The smallest absolute Gasteiger partial charge is 0.338 e. The van der Waals surface area contributed by atoms with Gasteiger partial charge in [-0.05, 0) is 31.5 Å². The quantitative estimate of drug-likeness (QED) is 0.626. The molecule has 0 N–H and O–H groups in total. The van der Waals surface area contributed by atoms with E-state index in [9.17, 15) is 14.4 Å². The first kappa shape index (κ1) is 13.8. The van der Waals surface area contributed by atoms with Crippen molar-refractivity contribution in [2.75, 3.05) is 6.61 Å². The number of Topliss-reactive ketones (excluding diaryl/α,β-unsaturated/α-hetero) is 1. The van der Waals surface area contributed by atoms with Crippen LogP contribution in [0.2, 0.25) is 0 Å². The van der Waals surface area contributed by atoms with E-state index in [0.717, 1.165) is 11.8 Å². The first-order chi connectivity index (χ1) is 9.04. The third-order valence-corrected chi connectivity index (χ3v) is 4.00. The summed E-state index contributed by atoms with van der Waals surface area (Å²) in [6, 6.07) is 6.54. The van der Waals surface area contributed by atoms with Crippen LogP contribution in [0.3, 0.4) is 0 Å². The Hall–Kier alpha value is -1.62. The predicted octanol–water partition coefficient (Wildman–Crippen LogP) is 2.18. The van der Waals surface area contributed by atoms with Gasteiger partial charge in [0.05, 0.1) is 17.4 Å². The zero-order valence-corrected chi connectivity index (χ0v) is 11.5. The van der Waals surface area contributed by atoms with Crippen LogP contribution >= 0.6 is 11.8 Å². The van der Waals surface area contributed by atoms with E-state index in [2.05, 4.69) is 0 Å². The Balaban J connectivity index is 2.31. The number of ketones is 1. The molecule has 0 saturated carbocycles. The molecule has 0 spiro atoms. The van der Waals surface area contributed by atoms with Gasteiger partial charge in [-0.3, -0.25) is 9.59 Å². The van der Waals surface area contributed by atoms with Crippen LogP contribution < -0.4 is 0 Å². The highest BCUT2D eigenvalue weighted by Gasteiger charge is 2.40. The second kappa shape index (κ2) is 5.57. The summed E-state index contributed by atoms with van der Waals surface area (Å²) in [5, 5.41) is -0.470. The highest BCUT2D eigenvalue weighted by molar-refractivity contribution is 8.15. The van der Waals surface area contributed by atoms with Crippen molar-refractivity contribution in [2.45, 2.75) is 25.0 Å². The molecule has 19 heavy (non-hydrogen) atoms. The van der Waals surface area contributed by atoms with Gasteiger partial charge >= 0.3 is 5.97 Å². The number of benzene rings is 1. The third kappa shape index (κ3) is 2.71. The van der Waals surface area contributed by atoms with Crippen LogP contribution in [0, 0.1) is 0 Å². The van der Waals surface area contributed by atoms with Crippen molar-refractivity contribution in [3.63, 3.8) is 0 Å². The molecule has 5 heteroatoms. The highest BCUT2D eigenvalue weighted by atomic mass is 32.2. The molecule has 1 saturated heterocycles. The van der Waals surface area contributed by atoms with Gasteiger partial charge in [-0.25, -0.2) is 4.79 Å². The lowest BCUT2D eigenvalue weighted by Gasteiger charge is -2.08. The van der Waals surface area contributed by atoms with Gasteiger partial charge in [-0.1, -0.05) is 23.9 Å². The maximum absolute atomic E-state index is 12.0. The van der Waals surface area contributed by atoms with E-state index in [1.54, 1.807) is 38.1 Å². The number of esters is 1. The van der Waals surface area contributed by atoms with E-state index in [1.165, 1.54) is 0 Å². The summed E-state index contributed by atoms with van der Waals surface area (Å²) in [7, 11) is 0. The summed E-state index contributed by atoms with van der Waals surface area (Å²) in [5.74, 6) is -1.30. The minimum absolute atomic E-state index is 0.101. The topological polar surface area (TPSA) is 60.4 Å². The molecule has 0 aliphatic carbocycles. The number of rotatable bonds is 3. The van der Waals surface area contributed by atoms with Crippen molar-refractivity contribution in [2.24, 2.45) is 0 Å². The van der Waals surface area contributed by atoms with Gasteiger partial charge in [0.25, 0.3) is 0 Å². The molecule has 1 fully saturated rings. The predicted molar refractivity (Wildman–Crippen MR) is 72.2 cm³/mol. The normalized spacial score (nSPS) is 22.6. The molecule has 1 aliphatic rings. The molecule has 0 aromatic heterocycles. The first-order valence-corrected chi connectivity index (χ1v) is 6.94. The van der Waals surface area contributed by atoms with Gasteiger partial charge in [0, 0.05) is 0 Å². The molecule has 1 heterocycles. The molecule has 0 bridgehead atoms. The van der Waals surface area contributed by atoms with Crippen molar-refractivity contribution in [3.8, 4) is 0 Å². The van der Waals surface area contributed by atoms with Crippen molar-refractivity contribution in [1.82, 2.24) is 0 Å². The lowest BCUT2D eigenvalue weighted by Crippen LogP contribution is -2.17. The summed E-state index contributed by atoms with van der Waals surface area (Å²) in [6.45, 7) is 3.74. The van der Waals surface area contributed by atoms with Crippen molar-refractivity contribution < 1.29 is 19.1 Å². The van der Waals surface area contributed by atoms with Crippen LogP contribution in [0.15, 0.2) is 24.3 Å². The summed E-state index contributed by atoms with van der Waals surface area (Å²) in [6.07, 6.45) is 0. The fraction of sp³-hybridized carbons (Fsp3) is 0.357. The molecular formula is C14H14O4S. The van der Waals surface area contributed by atoms with Crippen LogP contribution in [0.5, 0.6) is 0 Å². The largest absolute Gasteiger partial charge is 0.462 e. The van der Waals surface area contributed by atoms with Crippen molar-refractivity contribution in [1.29, 1.82) is 0 Å². The third-order valence-electron chi connectivity index (χ3n) is 2.94. The second-order valence-corrected chi connectivity index (χ2v) is 5.61. The number of hydrogen-bond donors (Lipinski definition) is 0. The number of carbonyl (C=O) groups is 3. The number of ether oxygens (including phenoxy) is 1. The van der Waals surface area contributed by atoms with Crippen LogP contribution in [0.25, 0.3) is 0 Å². The molecular weight excluding hydrogens is 264 g/mol. The Morgan fingerprint density at radius 3 is 2.68 bits per heavy atom. The fourth-order valence-electron chi connectivity index (χ4n) is 2.01. The molecule has 0 amide bonds. The van der Waals surface area contributed by atoms with E-state index in [0.29, 0.717) is 11.1 Å². The molecule has 1 aliphatic heterocycles. The summed E-state index contributed by atoms with van der Waals surface area (Å²) >= 11 is 1.05. The van der Waals surface area contributed by atoms with Gasteiger partial charge in [0.2, 0.25) is 5.12 Å². The van der Waals surface area contributed by atoms with Crippen LogP contribution in [-0.2, 0) is 14.3 Å². The minimum Gasteiger partial charge on any atom is -0.462 e. The van der Waals surface area contributed by atoms with Crippen LogP contribution in [0.4, 0.5) is 0 Å². The lowest BCUT2D eigenvalue weighted by atomic mass is 9.93. The maximum Gasteiger partial charge on any atom is 0.338 e. The van der Waals surface area contributed by atoms with E-state index < -0.39 is 11.9 Å². The Kier molecular flexibility index (Phi) is 4.04. The Morgan fingerprint density at radius 2 is 2.11 bits per heavy atom. The van der Waals surface area contributed by atoms with Gasteiger partial charge in [-0.2, -0.15) is 0 Å². The van der Waals surface area contributed by atoms with Gasteiger partial charge in [0.1, 0.15) is 5.92 Å². The highest BCUT2D eigenvalue weighted by Crippen LogP contribution is 2.36. The van der Waals surface area contributed by atoms with Gasteiger partial charge in [-0.15, -0.1) is 0 Å². The molecule has 2 rings (SSSR count). The SMILES string of the molecule is CCOC(=O)c1cccc(C2C(=O)SC(C)C2=O)c1. The van der Waals surface area contributed by atoms with Crippen molar-refractivity contribution >= 4 is 28.6 Å². The van der Waals surface area contributed by atoms with Gasteiger partial charge in [0.15, 0.2) is 5.78 Å². The molecule has 100 valence electrons. The Morgan fingerprint density at radius 1 is 1.37 bits per heavy atom. The summed E-state index contributed by atoms with van der Waals surface area (Å²) in [4.78, 5) is 35.4. The van der Waals surface area contributed by atoms with E-state index in [1.807, 2.05) is 0 Å². The monoisotopic (exact) mass is 278 g/mol. The lowest BCUT2D eigenvalue weighted by molar-refractivity contribution is -0.123. The Labute approximate surface area is 115 Å². The average Bonchev–Trinajstić information content (AvgIpc) is 2.64. The average molecular weight is 278 g/mol. The summed E-state index contributed by atoms with van der Waals surface area (Å²) in [5.41, 5.74) is 0.932. The molecule has 2 atom stereocenters. The second-order valence-electron chi connectivity index (χ2n) is 4.26. The zero-order valence-electron chi connectivity index (χ0n) is 10.7. The maximum atomic E-state index is 12.0. The standard InChI is InChI=1S/C14H14O4S/c1-3-18-13(16)10-6-4-5-9(7-10)11-12(15)8(2)19-14(11)17/h4-8,11H,3H2,1-2H3. The van der Waals surface area contributed by atoms with Crippen LogP contribution in [0.1, 0.15) is 35.7 Å². The minimum atomic E-state index is -0.755. The fourth-order valence-corrected chi connectivity index (χ4v) is 3.00. The number of thioether (sulfide) groups is 1. The first-order valence-electron chi connectivity index (χ1n) is 6.06. The molecule has 0 radical (unpaired) electrons. The summed E-state index contributed by atoms with van der Waals surface area (Å²) < 4.78 is 4.91. The van der Waals surface area contributed by atoms with E-state index in [-0.39, 0.29) is 22.8 Å². The molecule has 1 aromatic rings. The zero-order chi connectivity index (χ0) is 14.0. The molecule has 2 unspecified atom stereocenters. The number of hydrogen-bond acceptors (Lipinski definition) is 5. The van der Waals surface area contributed by atoms with E-state index >= 15 is 0 Å². The van der Waals surface area contributed by atoms with Crippen LogP contribution in [-0.4, -0.2) is 28.7 Å². The van der Waals surface area contributed by atoms with E-state index in [4.69, 9.17) is 4.74 Å². The molecule has 1 aromatic carbocycles. The Bertz CT molecular complexity index is 538. The van der Waals surface area contributed by atoms with Crippen molar-refractivity contribution in [3.05, 3.63) is 35.4 Å². The molecule has 4 nitrogen and oxygen atoms in total. The van der Waals surface area contributed by atoms with Gasteiger partial charge < -0.3 is 4.74 Å². The number of carbonyl (C=O) groups excluding carboxylic acids is 3.